The van der Waals surface area contributed by atoms with Gasteiger partial charge in [-0.3, -0.25) is 4.79 Å². The van der Waals surface area contributed by atoms with Gasteiger partial charge in [0.2, 0.25) is 0 Å². The Morgan fingerprint density at radius 3 is 1.97 bits per heavy atom. The van der Waals surface area contributed by atoms with Crippen molar-refractivity contribution in [2.24, 2.45) is 51.2 Å². The smallest absolute Gasteiger partial charge is 0.303 e. The molecule has 188 valence electrons. The van der Waals surface area contributed by atoms with E-state index in [1.165, 1.54) is 32.1 Å². The van der Waals surface area contributed by atoms with E-state index in [1.807, 2.05) is 6.92 Å². The molecular weight excluding hydrogens is 408 g/mol. The van der Waals surface area contributed by atoms with Crippen LogP contribution in [0.4, 0.5) is 0 Å². The molecule has 0 heterocycles. The van der Waals surface area contributed by atoms with Crippen molar-refractivity contribution in [3.8, 4) is 0 Å². The summed E-state index contributed by atoms with van der Waals surface area (Å²) in [5.41, 5.74) is 0.857. The highest BCUT2D eigenvalue weighted by atomic mass is 16.4. The molecule has 0 saturated heterocycles. The molecule has 0 bridgehead atoms. The number of carboxylic acids is 1. The first-order chi connectivity index (χ1) is 15.2. The minimum atomic E-state index is -0.940. The Labute approximate surface area is 202 Å². The Morgan fingerprint density at radius 2 is 1.45 bits per heavy atom. The van der Waals surface area contributed by atoms with Gasteiger partial charge in [-0.25, -0.2) is 0 Å². The molecule has 4 aliphatic carbocycles. The third-order valence-corrected chi connectivity index (χ3v) is 12.8. The van der Waals surface area contributed by atoms with Crippen molar-refractivity contribution in [2.75, 3.05) is 0 Å². The minimum absolute atomic E-state index is 0.0287. The van der Waals surface area contributed by atoms with E-state index in [-0.39, 0.29) is 23.2 Å². The molecule has 0 aromatic rings. The fraction of sp³-hybridized carbons (Fsp3) is 0.900. The first-order valence-corrected chi connectivity index (χ1v) is 13.8. The van der Waals surface area contributed by atoms with Crippen LogP contribution in [0.5, 0.6) is 0 Å². The van der Waals surface area contributed by atoms with E-state index in [1.54, 1.807) is 0 Å². The molecule has 2 N–H and O–H groups in total. The third-order valence-electron chi connectivity index (χ3n) is 12.8. The van der Waals surface area contributed by atoms with Gasteiger partial charge in [-0.1, -0.05) is 48.1 Å². The van der Waals surface area contributed by atoms with Gasteiger partial charge in [0.25, 0.3) is 0 Å². The number of carboxylic acid groups (broad SMARTS) is 1. The molecule has 3 nitrogen and oxygen atoms in total. The lowest BCUT2D eigenvalue weighted by Crippen LogP contribution is -2.67. The van der Waals surface area contributed by atoms with Gasteiger partial charge in [-0.2, -0.15) is 0 Å². The number of aliphatic carboxylic acids is 1. The molecule has 2 unspecified atom stereocenters. The normalized spacial score (nSPS) is 51.5. The monoisotopic (exact) mass is 458 g/mol. The topological polar surface area (TPSA) is 57.5 Å². The quantitative estimate of drug-likeness (QED) is 0.420. The van der Waals surface area contributed by atoms with Gasteiger partial charge in [0.15, 0.2) is 0 Å². The average Bonchev–Trinajstić information content (AvgIpc) is 3.07. The number of rotatable bonds is 5. The molecule has 0 radical (unpaired) electrons. The van der Waals surface area contributed by atoms with Gasteiger partial charge in [0, 0.05) is 6.42 Å². The van der Waals surface area contributed by atoms with Crippen LogP contribution in [-0.4, -0.2) is 21.8 Å². The van der Waals surface area contributed by atoms with Crippen molar-refractivity contribution < 1.29 is 15.0 Å². The average molecular weight is 459 g/mol. The maximum atomic E-state index is 11.9. The molecule has 3 heteroatoms. The number of hydrogen-bond donors (Lipinski definition) is 2. The minimum Gasteiger partial charge on any atom is -0.481 e. The molecule has 0 aromatic heterocycles. The second-order valence-corrected chi connectivity index (χ2v) is 14.1. The summed E-state index contributed by atoms with van der Waals surface area (Å²) in [5, 5.41) is 21.4. The van der Waals surface area contributed by atoms with Crippen LogP contribution in [0.25, 0.3) is 0 Å². The summed E-state index contributed by atoms with van der Waals surface area (Å²) >= 11 is 0. The maximum absolute atomic E-state index is 11.9. The molecule has 4 fully saturated rings. The van der Waals surface area contributed by atoms with E-state index < -0.39 is 11.6 Å². The molecule has 0 aliphatic heterocycles. The Kier molecular flexibility index (Phi) is 6.00. The molecule has 0 amide bonds. The summed E-state index contributed by atoms with van der Waals surface area (Å²) in [4.78, 5) is 11.6. The van der Waals surface area contributed by atoms with Crippen molar-refractivity contribution in [1.29, 1.82) is 0 Å². The second kappa shape index (κ2) is 7.84. The highest BCUT2D eigenvalue weighted by molar-refractivity contribution is 5.66. The third kappa shape index (κ3) is 3.26. The Balaban J connectivity index is 1.74. The zero-order chi connectivity index (χ0) is 24.6. The standard InChI is InChI=1S/C30H50O3/c1-19(2)21-9-10-22-26(21,5)15-17-29(8)23-13-14-30(33,20(3)4)24(11-12-25(31)32)27(23,6)16-18-28(22,29)7/h19,21-24,33H,3,9-18H2,1-2,4-8H3,(H,31,32)/t21-,22?,23?,24+,26-,27-,28+,29-,30+/m1/s1. The Hall–Kier alpha value is -0.830. The predicted octanol–water partition coefficient (Wildman–Crippen LogP) is 7.48. The van der Waals surface area contributed by atoms with Gasteiger partial charge in [0.1, 0.15) is 0 Å². The summed E-state index contributed by atoms with van der Waals surface area (Å²) in [6, 6.07) is 0. The molecule has 0 aromatic carbocycles. The Morgan fingerprint density at radius 1 is 0.909 bits per heavy atom. The van der Waals surface area contributed by atoms with Crippen molar-refractivity contribution in [3.05, 3.63) is 12.2 Å². The number of hydrogen-bond acceptors (Lipinski definition) is 2. The molecule has 9 atom stereocenters. The fourth-order valence-corrected chi connectivity index (χ4v) is 10.9. The van der Waals surface area contributed by atoms with Crippen LogP contribution >= 0.6 is 0 Å². The maximum Gasteiger partial charge on any atom is 0.303 e. The zero-order valence-corrected chi connectivity index (χ0v) is 22.5. The second-order valence-electron chi connectivity index (χ2n) is 14.1. The number of aliphatic hydroxyl groups is 1. The van der Waals surface area contributed by atoms with Gasteiger partial charge in [-0.05, 0) is 122 Å². The Bertz CT molecular complexity index is 817. The molecule has 4 aliphatic rings. The van der Waals surface area contributed by atoms with Crippen molar-refractivity contribution in [1.82, 2.24) is 0 Å². The number of fused-ring (bicyclic) bond motifs is 5. The van der Waals surface area contributed by atoms with Crippen LogP contribution in [0.3, 0.4) is 0 Å². The highest BCUT2D eigenvalue weighted by Crippen LogP contribution is 2.77. The van der Waals surface area contributed by atoms with E-state index in [9.17, 15) is 15.0 Å². The molecule has 4 saturated carbocycles. The lowest BCUT2D eigenvalue weighted by molar-refractivity contribution is -0.245. The predicted molar refractivity (Wildman–Crippen MR) is 135 cm³/mol. The van der Waals surface area contributed by atoms with E-state index in [0.29, 0.717) is 23.2 Å². The molecule has 0 spiro atoms. The van der Waals surface area contributed by atoms with Crippen molar-refractivity contribution >= 4 is 5.97 Å². The van der Waals surface area contributed by atoms with Crippen molar-refractivity contribution in [3.63, 3.8) is 0 Å². The summed E-state index contributed by atoms with van der Waals surface area (Å²) < 4.78 is 0. The van der Waals surface area contributed by atoms with Crippen LogP contribution in [0, 0.1) is 51.2 Å². The summed E-state index contributed by atoms with van der Waals surface area (Å²) in [6.45, 7) is 21.2. The van der Waals surface area contributed by atoms with Crippen molar-refractivity contribution in [2.45, 2.75) is 118 Å². The molecular formula is C30H50O3. The fourth-order valence-electron chi connectivity index (χ4n) is 10.9. The summed E-state index contributed by atoms with van der Waals surface area (Å²) in [7, 11) is 0. The lowest BCUT2D eigenvalue weighted by Gasteiger charge is -2.72. The molecule has 33 heavy (non-hydrogen) atoms. The first kappa shape index (κ1) is 25.3. The van der Waals surface area contributed by atoms with E-state index in [2.05, 4.69) is 48.1 Å². The van der Waals surface area contributed by atoms with Gasteiger partial charge < -0.3 is 10.2 Å². The van der Waals surface area contributed by atoms with Gasteiger partial charge in [0.05, 0.1) is 5.60 Å². The van der Waals surface area contributed by atoms with E-state index in [0.717, 1.165) is 42.6 Å². The van der Waals surface area contributed by atoms with Crippen LogP contribution in [0.15, 0.2) is 12.2 Å². The van der Waals surface area contributed by atoms with Crippen LogP contribution in [-0.2, 0) is 4.79 Å². The van der Waals surface area contributed by atoms with Crippen LogP contribution in [0.2, 0.25) is 0 Å². The number of carbonyl (C=O) groups is 1. The highest BCUT2D eigenvalue weighted by Gasteiger charge is 2.71. The van der Waals surface area contributed by atoms with Crippen LogP contribution in [0.1, 0.15) is 113 Å². The molecule has 4 rings (SSSR count). The van der Waals surface area contributed by atoms with Crippen LogP contribution < -0.4 is 0 Å². The van der Waals surface area contributed by atoms with Gasteiger partial charge >= 0.3 is 5.97 Å². The van der Waals surface area contributed by atoms with Gasteiger partial charge in [-0.15, -0.1) is 0 Å². The zero-order valence-electron chi connectivity index (χ0n) is 22.5. The largest absolute Gasteiger partial charge is 0.481 e. The summed E-state index contributed by atoms with van der Waals surface area (Å²) in [6.07, 6.45) is 10.1. The van der Waals surface area contributed by atoms with E-state index in [4.69, 9.17) is 0 Å². The SMILES string of the molecule is C=C(C)[C@@]1(O)CCC2[C@@](C)(CC[C@@]3(C)C4CC[C@H](C(C)C)[C@@]4(C)CC[C@]23C)[C@@H]1CCC(=O)O. The summed E-state index contributed by atoms with van der Waals surface area (Å²) in [5.74, 6) is 2.11. The first-order valence-electron chi connectivity index (χ1n) is 13.8. The lowest BCUT2D eigenvalue weighted by atomic mass is 9.33. The van der Waals surface area contributed by atoms with E-state index >= 15 is 0 Å².